The second kappa shape index (κ2) is 4.19. The molecule has 0 fully saturated rings. The second-order valence-corrected chi connectivity index (χ2v) is 3.22. The van der Waals surface area contributed by atoms with Gasteiger partial charge in [-0.2, -0.15) is 0 Å². The molecule has 0 heterocycles. The van der Waals surface area contributed by atoms with Crippen molar-refractivity contribution >= 4 is 5.97 Å². The molecule has 0 saturated heterocycles. The van der Waals surface area contributed by atoms with Crippen molar-refractivity contribution in [3.05, 3.63) is 35.1 Å². The normalized spacial score (nSPS) is 12.5. The van der Waals surface area contributed by atoms with Gasteiger partial charge in [-0.15, -0.1) is 0 Å². The molecule has 0 spiro atoms. The molecule has 4 heteroatoms. The fourth-order valence-corrected chi connectivity index (χ4v) is 1.18. The second-order valence-electron chi connectivity index (χ2n) is 3.22. The molecule has 1 aromatic rings. The van der Waals surface area contributed by atoms with E-state index in [-0.39, 0.29) is 12.2 Å². The first-order valence-electron chi connectivity index (χ1n) is 4.24. The molecule has 0 aromatic heterocycles. The average molecular weight is 197 g/mol. The van der Waals surface area contributed by atoms with E-state index in [1.807, 2.05) is 0 Å². The minimum absolute atomic E-state index is 0.152. The number of aryl methyl sites for hydroxylation is 1. The minimum atomic E-state index is -1.08. The average Bonchev–Trinajstić information content (AvgIpc) is 2.11. The van der Waals surface area contributed by atoms with Crippen molar-refractivity contribution in [2.75, 3.05) is 0 Å². The summed E-state index contributed by atoms with van der Waals surface area (Å²) in [5.41, 5.74) is 6.83. The van der Waals surface area contributed by atoms with E-state index in [1.54, 1.807) is 13.0 Å². The minimum Gasteiger partial charge on any atom is -0.480 e. The zero-order chi connectivity index (χ0) is 10.7. The molecule has 0 radical (unpaired) electrons. The summed E-state index contributed by atoms with van der Waals surface area (Å²) in [6, 6.07) is 3.29. The fourth-order valence-electron chi connectivity index (χ4n) is 1.18. The molecular weight excluding hydrogens is 185 g/mol. The van der Waals surface area contributed by atoms with Crippen LogP contribution in [0, 0.1) is 12.7 Å². The van der Waals surface area contributed by atoms with E-state index >= 15 is 0 Å². The Hall–Kier alpha value is -1.42. The third kappa shape index (κ3) is 2.53. The molecule has 3 nitrogen and oxygen atoms in total. The van der Waals surface area contributed by atoms with Gasteiger partial charge in [-0.1, -0.05) is 6.07 Å². The molecule has 0 aliphatic heterocycles. The standard InChI is InChI=1S/C10H12FNO2/c1-6-2-3-8(11)4-7(6)5-9(12)10(13)14/h2-4,9H,5,12H2,1H3,(H,13,14)/t9-/m1/s1. The van der Waals surface area contributed by atoms with Crippen LogP contribution < -0.4 is 5.73 Å². The van der Waals surface area contributed by atoms with Gasteiger partial charge in [0.1, 0.15) is 11.9 Å². The first-order chi connectivity index (χ1) is 6.50. The van der Waals surface area contributed by atoms with Gasteiger partial charge in [-0.05, 0) is 36.6 Å². The van der Waals surface area contributed by atoms with Gasteiger partial charge in [-0.25, -0.2) is 4.39 Å². The number of halogens is 1. The maximum absolute atomic E-state index is 12.8. The van der Waals surface area contributed by atoms with E-state index in [9.17, 15) is 9.18 Å². The number of hydrogen-bond acceptors (Lipinski definition) is 2. The van der Waals surface area contributed by atoms with Crippen molar-refractivity contribution in [2.24, 2.45) is 5.73 Å². The Balaban J connectivity index is 2.85. The Morgan fingerprint density at radius 2 is 2.29 bits per heavy atom. The summed E-state index contributed by atoms with van der Waals surface area (Å²) in [6.07, 6.45) is 0.152. The molecule has 0 amide bonds. The Morgan fingerprint density at radius 3 is 2.86 bits per heavy atom. The Labute approximate surface area is 81.4 Å². The third-order valence-corrected chi connectivity index (χ3v) is 2.07. The van der Waals surface area contributed by atoms with Gasteiger partial charge in [0.05, 0.1) is 0 Å². The van der Waals surface area contributed by atoms with Crippen LogP contribution in [0.4, 0.5) is 4.39 Å². The summed E-state index contributed by atoms with van der Waals surface area (Å²) >= 11 is 0. The Kier molecular flexibility index (Phi) is 3.19. The molecule has 14 heavy (non-hydrogen) atoms. The van der Waals surface area contributed by atoms with Gasteiger partial charge in [-0.3, -0.25) is 4.79 Å². The number of carboxylic acids is 1. The van der Waals surface area contributed by atoms with Crippen LogP contribution in [0.15, 0.2) is 18.2 Å². The molecule has 76 valence electrons. The molecule has 3 N–H and O–H groups in total. The monoisotopic (exact) mass is 197 g/mol. The fraction of sp³-hybridized carbons (Fsp3) is 0.300. The van der Waals surface area contributed by atoms with E-state index in [0.29, 0.717) is 5.56 Å². The summed E-state index contributed by atoms with van der Waals surface area (Å²) in [7, 11) is 0. The lowest BCUT2D eigenvalue weighted by Gasteiger charge is -2.09. The highest BCUT2D eigenvalue weighted by Gasteiger charge is 2.13. The number of nitrogens with two attached hydrogens (primary N) is 1. The van der Waals surface area contributed by atoms with Crippen molar-refractivity contribution in [3.63, 3.8) is 0 Å². The molecule has 1 rings (SSSR count). The Morgan fingerprint density at radius 1 is 1.64 bits per heavy atom. The van der Waals surface area contributed by atoms with Crippen LogP contribution >= 0.6 is 0 Å². The highest BCUT2D eigenvalue weighted by atomic mass is 19.1. The van der Waals surface area contributed by atoms with Crippen LogP contribution in [0.5, 0.6) is 0 Å². The molecule has 1 aromatic carbocycles. The van der Waals surface area contributed by atoms with Crippen molar-refractivity contribution in [1.29, 1.82) is 0 Å². The Bertz CT molecular complexity index is 352. The number of carboxylic acid groups (broad SMARTS) is 1. The highest BCUT2D eigenvalue weighted by molar-refractivity contribution is 5.73. The zero-order valence-electron chi connectivity index (χ0n) is 7.83. The van der Waals surface area contributed by atoms with Gasteiger partial charge >= 0.3 is 5.97 Å². The topological polar surface area (TPSA) is 63.3 Å². The van der Waals surface area contributed by atoms with Gasteiger partial charge < -0.3 is 10.8 Å². The first kappa shape index (κ1) is 10.7. The summed E-state index contributed by atoms with van der Waals surface area (Å²) in [5.74, 6) is -1.45. The van der Waals surface area contributed by atoms with Crippen molar-refractivity contribution in [3.8, 4) is 0 Å². The lowest BCUT2D eigenvalue weighted by molar-refractivity contribution is -0.138. The van der Waals surface area contributed by atoms with Gasteiger partial charge in [0.25, 0.3) is 0 Å². The van der Waals surface area contributed by atoms with Crippen LogP contribution in [0.2, 0.25) is 0 Å². The van der Waals surface area contributed by atoms with Crippen LogP contribution in [0.25, 0.3) is 0 Å². The summed E-state index contributed by atoms with van der Waals surface area (Å²) in [4.78, 5) is 10.5. The van der Waals surface area contributed by atoms with Gasteiger partial charge in [0.2, 0.25) is 0 Å². The lowest BCUT2D eigenvalue weighted by Crippen LogP contribution is -2.32. The molecule has 0 unspecified atom stereocenters. The van der Waals surface area contributed by atoms with Crippen molar-refractivity contribution in [2.45, 2.75) is 19.4 Å². The number of rotatable bonds is 3. The third-order valence-electron chi connectivity index (χ3n) is 2.07. The largest absolute Gasteiger partial charge is 0.480 e. The molecular formula is C10H12FNO2. The summed E-state index contributed by atoms with van der Waals surface area (Å²) < 4.78 is 12.8. The first-order valence-corrected chi connectivity index (χ1v) is 4.24. The van der Waals surface area contributed by atoms with E-state index < -0.39 is 12.0 Å². The number of hydrogen-bond donors (Lipinski definition) is 2. The number of carbonyl (C=O) groups is 1. The van der Waals surface area contributed by atoms with Crippen LogP contribution in [0.1, 0.15) is 11.1 Å². The van der Waals surface area contributed by atoms with E-state index in [2.05, 4.69) is 0 Å². The zero-order valence-corrected chi connectivity index (χ0v) is 7.83. The van der Waals surface area contributed by atoms with E-state index in [4.69, 9.17) is 10.8 Å². The van der Waals surface area contributed by atoms with Gasteiger partial charge in [0.15, 0.2) is 0 Å². The van der Waals surface area contributed by atoms with Crippen molar-refractivity contribution in [1.82, 2.24) is 0 Å². The number of benzene rings is 1. The van der Waals surface area contributed by atoms with Gasteiger partial charge in [0, 0.05) is 0 Å². The maximum atomic E-state index is 12.8. The highest BCUT2D eigenvalue weighted by Crippen LogP contribution is 2.11. The van der Waals surface area contributed by atoms with Crippen molar-refractivity contribution < 1.29 is 14.3 Å². The SMILES string of the molecule is Cc1ccc(F)cc1C[C@@H](N)C(=O)O. The molecule has 0 aliphatic carbocycles. The lowest BCUT2D eigenvalue weighted by atomic mass is 10.0. The van der Waals surface area contributed by atoms with Crippen LogP contribution in [0.3, 0.4) is 0 Å². The molecule has 0 saturated carbocycles. The molecule has 0 bridgehead atoms. The predicted octanol–water partition coefficient (Wildman–Crippen LogP) is 1.09. The predicted molar refractivity (Wildman–Crippen MR) is 50.5 cm³/mol. The number of aliphatic carboxylic acids is 1. The molecule has 1 atom stereocenters. The van der Waals surface area contributed by atoms with E-state index in [0.717, 1.165) is 5.56 Å². The smallest absolute Gasteiger partial charge is 0.320 e. The summed E-state index contributed by atoms with van der Waals surface area (Å²) in [6.45, 7) is 1.79. The van der Waals surface area contributed by atoms with Crippen LogP contribution in [-0.2, 0) is 11.2 Å². The quantitative estimate of drug-likeness (QED) is 0.762. The van der Waals surface area contributed by atoms with E-state index in [1.165, 1.54) is 12.1 Å². The van der Waals surface area contributed by atoms with Crippen LogP contribution in [-0.4, -0.2) is 17.1 Å². The maximum Gasteiger partial charge on any atom is 0.320 e. The summed E-state index contributed by atoms with van der Waals surface area (Å²) in [5, 5.41) is 8.58. The molecule has 0 aliphatic rings.